The first-order chi connectivity index (χ1) is 9.77. The molecule has 0 saturated carbocycles. The van der Waals surface area contributed by atoms with E-state index >= 15 is 0 Å². The Hall–Kier alpha value is -1.46. The van der Waals surface area contributed by atoms with Crippen molar-refractivity contribution in [2.24, 2.45) is 5.10 Å². The maximum absolute atomic E-state index is 5.26. The molecule has 0 saturated heterocycles. The van der Waals surface area contributed by atoms with E-state index < -0.39 is 0 Å². The predicted molar refractivity (Wildman–Crippen MR) is 88.1 cm³/mol. The number of nitrogens with zero attached hydrogens (tertiary/aromatic N) is 1. The monoisotopic (exact) mass is 293 g/mol. The second kappa shape index (κ2) is 10.3. The van der Waals surface area contributed by atoms with Crippen LogP contribution in [0.25, 0.3) is 0 Å². The van der Waals surface area contributed by atoms with Gasteiger partial charge in [0.15, 0.2) is 5.11 Å². The van der Waals surface area contributed by atoms with Crippen LogP contribution in [-0.4, -0.2) is 30.6 Å². The van der Waals surface area contributed by atoms with Crippen LogP contribution in [0.1, 0.15) is 32.3 Å². The first-order valence-electron chi connectivity index (χ1n) is 7.01. The second-order valence-corrected chi connectivity index (χ2v) is 4.60. The Morgan fingerprint density at radius 3 is 2.65 bits per heavy atom. The SMILES string of the molecule is CCOCCCNC(=S)N/N=C(/CC)c1ccccc1. The molecular formula is C15H23N3OS. The Balaban J connectivity index is 2.35. The van der Waals surface area contributed by atoms with E-state index in [1.807, 2.05) is 37.3 Å². The number of hydrogen-bond donors (Lipinski definition) is 2. The molecule has 0 aliphatic rings. The van der Waals surface area contributed by atoms with Crippen molar-refractivity contribution in [3.63, 3.8) is 0 Å². The number of rotatable bonds is 8. The van der Waals surface area contributed by atoms with Crippen LogP contribution in [0, 0.1) is 0 Å². The van der Waals surface area contributed by atoms with Gasteiger partial charge >= 0.3 is 0 Å². The molecule has 4 nitrogen and oxygen atoms in total. The number of hydrazone groups is 1. The summed E-state index contributed by atoms with van der Waals surface area (Å²) in [5.74, 6) is 0. The smallest absolute Gasteiger partial charge is 0.186 e. The van der Waals surface area contributed by atoms with Gasteiger partial charge in [-0.1, -0.05) is 37.3 Å². The number of hydrogen-bond acceptors (Lipinski definition) is 3. The number of ether oxygens (including phenoxy) is 1. The number of nitrogens with one attached hydrogen (secondary N) is 2. The molecule has 0 atom stereocenters. The average Bonchev–Trinajstić information content (AvgIpc) is 2.49. The van der Waals surface area contributed by atoms with Crippen molar-refractivity contribution in [2.45, 2.75) is 26.7 Å². The fraction of sp³-hybridized carbons (Fsp3) is 0.467. The summed E-state index contributed by atoms with van der Waals surface area (Å²) in [5.41, 5.74) is 4.99. The highest BCUT2D eigenvalue weighted by Crippen LogP contribution is 2.03. The molecule has 0 bridgehead atoms. The second-order valence-electron chi connectivity index (χ2n) is 4.20. The quantitative estimate of drug-likeness (QED) is 0.335. The van der Waals surface area contributed by atoms with Crippen LogP contribution in [0.15, 0.2) is 35.4 Å². The zero-order chi connectivity index (χ0) is 14.6. The van der Waals surface area contributed by atoms with Crippen LogP contribution in [0.3, 0.4) is 0 Å². The summed E-state index contributed by atoms with van der Waals surface area (Å²) in [6.07, 6.45) is 1.78. The van der Waals surface area contributed by atoms with Gasteiger partial charge < -0.3 is 10.1 Å². The molecule has 0 amide bonds. The standard InChI is InChI=1S/C15H23N3OS/c1-3-14(13-9-6-5-7-10-13)17-18-15(20)16-11-8-12-19-4-2/h5-7,9-10H,3-4,8,11-12H2,1-2H3,(H2,16,18,20)/b17-14-. The Morgan fingerprint density at radius 1 is 1.25 bits per heavy atom. The van der Waals surface area contributed by atoms with E-state index in [0.717, 1.165) is 43.9 Å². The predicted octanol–water partition coefficient (Wildman–Crippen LogP) is 2.69. The molecule has 0 spiro atoms. The van der Waals surface area contributed by atoms with E-state index in [1.54, 1.807) is 0 Å². The molecule has 0 aromatic heterocycles. The van der Waals surface area contributed by atoms with Crippen LogP contribution in [0.4, 0.5) is 0 Å². The van der Waals surface area contributed by atoms with Gasteiger partial charge in [-0.2, -0.15) is 5.10 Å². The third-order valence-electron chi connectivity index (χ3n) is 2.69. The van der Waals surface area contributed by atoms with Crippen LogP contribution in [-0.2, 0) is 4.74 Å². The maximum Gasteiger partial charge on any atom is 0.186 e. The molecule has 1 rings (SSSR count). The minimum absolute atomic E-state index is 0.545. The highest BCUT2D eigenvalue weighted by molar-refractivity contribution is 7.80. The van der Waals surface area contributed by atoms with Crippen molar-refractivity contribution in [2.75, 3.05) is 19.8 Å². The summed E-state index contributed by atoms with van der Waals surface area (Å²) in [4.78, 5) is 0. The summed E-state index contributed by atoms with van der Waals surface area (Å²) in [6.45, 7) is 6.36. The topological polar surface area (TPSA) is 45.6 Å². The molecule has 1 aromatic carbocycles. The first-order valence-corrected chi connectivity index (χ1v) is 7.42. The molecule has 5 heteroatoms. The van der Waals surface area contributed by atoms with Gasteiger partial charge in [0.05, 0.1) is 5.71 Å². The van der Waals surface area contributed by atoms with Gasteiger partial charge in [0.25, 0.3) is 0 Å². The van der Waals surface area contributed by atoms with Crippen molar-refractivity contribution in [3.05, 3.63) is 35.9 Å². The van der Waals surface area contributed by atoms with E-state index in [4.69, 9.17) is 17.0 Å². The van der Waals surface area contributed by atoms with Gasteiger partial charge in [-0.15, -0.1) is 0 Å². The van der Waals surface area contributed by atoms with Gasteiger partial charge in [0.2, 0.25) is 0 Å². The highest BCUT2D eigenvalue weighted by atomic mass is 32.1. The number of thiocarbonyl (C=S) groups is 1. The van der Waals surface area contributed by atoms with Crippen molar-refractivity contribution in [3.8, 4) is 0 Å². The molecule has 0 aliphatic heterocycles. The van der Waals surface area contributed by atoms with E-state index in [2.05, 4.69) is 22.8 Å². The summed E-state index contributed by atoms with van der Waals surface area (Å²) in [5, 5.41) is 8.01. The molecule has 0 aliphatic carbocycles. The molecular weight excluding hydrogens is 270 g/mol. The summed E-state index contributed by atoms with van der Waals surface area (Å²) in [6, 6.07) is 10.1. The van der Waals surface area contributed by atoms with Crippen molar-refractivity contribution in [1.82, 2.24) is 10.7 Å². The Labute approximate surface area is 126 Å². The maximum atomic E-state index is 5.26. The molecule has 2 N–H and O–H groups in total. The minimum Gasteiger partial charge on any atom is -0.382 e. The van der Waals surface area contributed by atoms with E-state index in [0.29, 0.717) is 5.11 Å². The number of benzene rings is 1. The largest absolute Gasteiger partial charge is 0.382 e. The molecule has 1 aromatic rings. The van der Waals surface area contributed by atoms with Crippen LogP contribution in [0.5, 0.6) is 0 Å². The van der Waals surface area contributed by atoms with E-state index in [-0.39, 0.29) is 0 Å². The third kappa shape index (κ3) is 6.63. The summed E-state index contributed by atoms with van der Waals surface area (Å²) >= 11 is 5.18. The van der Waals surface area contributed by atoms with Crippen molar-refractivity contribution < 1.29 is 4.74 Å². The van der Waals surface area contributed by atoms with Gasteiger partial charge in [-0.05, 0) is 37.5 Å². The van der Waals surface area contributed by atoms with Gasteiger partial charge in [0, 0.05) is 19.8 Å². The first kappa shape index (κ1) is 16.6. The zero-order valence-electron chi connectivity index (χ0n) is 12.2. The molecule has 0 unspecified atom stereocenters. The molecule has 20 heavy (non-hydrogen) atoms. The lowest BCUT2D eigenvalue weighted by Gasteiger charge is -2.09. The van der Waals surface area contributed by atoms with Crippen LogP contribution >= 0.6 is 12.2 Å². The Kier molecular flexibility index (Phi) is 8.58. The molecule has 110 valence electrons. The third-order valence-corrected chi connectivity index (χ3v) is 2.93. The lowest BCUT2D eigenvalue weighted by Crippen LogP contribution is -2.33. The minimum atomic E-state index is 0.545. The van der Waals surface area contributed by atoms with E-state index in [9.17, 15) is 0 Å². The van der Waals surface area contributed by atoms with Gasteiger partial charge in [-0.3, -0.25) is 5.43 Å². The van der Waals surface area contributed by atoms with Gasteiger partial charge in [0.1, 0.15) is 0 Å². The molecule has 0 heterocycles. The lowest BCUT2D eigenvalue weighted by atomic mass is 10.1. The van der Waals surface area contributed by atoms with E-state index in [1.165, 1.54) is 0 Å². The molecule has 0 fully saturated rings. The normalized spacial score (nSPS) is 11.2. The highest BCUT2D eigenvalue weighted by Gasteiger charge is 2.00. The summed E-state index contributed by atoms with van der Waals surface area (Å²) in [7, 11) is 0. The molecule has 0 radical (unpaired) electrons. The van der Waals surface area contributed by atoms with Crippen LogP contribution < -0.4 is 10.7 Å². The zero-order valence-corrected chi connectivity index (χ0v) is 13.0. The van der Waals surface area contributed by atoms with Crippen molar-refractivity contribution in [1.29, 1.82) is 0 Å². The Bertz CT molecular complexity index is 420. The van der Waals surface area contributed by atoms with Gasteiger partial charge in [-0.25, -0.2) is 0 Å². The van der Waals surface area contributed by atoms with Crippen LogP contribution in [0.2, 0.25) is 0 Å². The average molecular weight is 293 g/mol. The summed E-state index contributed by atoms with van der Waals surface area (Å²) < 4.78 is 5.26. The fourth-order valence-corrected chi connectivity index (χ4v) is 1.80. The lowest BCUT2D eigenvalue weighted by molar-refractivity contribution is 0.145. The Morgan fingerprint density at radius 2 is 2.00 bits per heavy atom. The fourth-order valence-electron chi connectivity index (χ4n) is 1.66. The van der Waals surface area contributed by atoms with Crippen molar-refractivity contribution >= 4 is 23.0 Å².